The SMILES string of the molecule is COc1cc(OC)cc(C(=O)N2CCc3cc(OC)c(OC)cc3[C@@H]2COc2ccc([N+](=O)[O-])cc2)c1. The number of amides is 1. The molecule has 37 heavy (non-hydrogen) atoms. The number of hydrogen-bond donors (Lipinski definition) is 0. The van der Waals surface area contributed by atoms with Crippen molar-refractivity contribution in [1.29, 1.82) is 0 Å². The molecule has 1 aliphatic heterocycles. The van der Waals surface area contributed by atoms with Crippen LogP contribution in [0.4, 0.5) is 5.69 Å². The minimum absolute atomic E-state index is 0.0315. The highest BCUT2D eigenvalue weighted by Crippen LogP contribution is 2.39. The minimum Gasteiger partial charge on any atom is -0.497 e. The van der Waals surface area contributed by atoms with Crippen LogP contribution in [-0.4, -0.2) is 57.3 Å². The summed E-state index contributed by atoms with van der Waals surface area (Å²) in [5.41, 5.74) is 2.27. The first-order chi connectivity index (χ1) is 17.9. The van der Waals surface area contributed by atoms with Crippen LogP contribution < -0.4 is 23.7 Å². The molecular weight excluding hydrogens is 480 g/mol. The van der Waals surface area contributed by atoms with Crippen molar-refractivity contribution in [1.82, 2.24) is 4.90 Å². The molecule has 0 bridgehead atoms. The zero-order valence-corrected chi connectivity index (χ0v) is 21.1. The molecule has 0 fully saturated rings. The summed E-state index contributed by atoms with van der Waals surface area (Å²) in [5, 5.41) is 11.0. The van der Waals surface area contributed by atoms with Gasteiger partial charge in [0.15, 0.2) is 11.5 Å². The summed E-state index contributed by atoms with van der Waals surface area (Å²) in [6, 6.07) is 14.2. The monoisotopic (exact) mass is 508 g/mol. The van der Waals surface area contributed by atoms with Crippen molar-refractivity contribution in [2.75, 3.05) is 41.6 Å². The molecule has 1 heterocycles. The Morgan fingerprint density at radius 3 is 2.08 bits per heavy atom. The van der Waals surface area contributed by atoms with Crippen LogP contribution in [0.3, 0.4) is 0 Å². The molecule has 1 amide bonds. The fourth-order valence-corrected chi connectivity index (χ4v) is 4.39. The second-order valence-corrected chi connectivity index (χ2v) is 8.33. The van der Waals surface area contributed by atoms with Gasteiger partial charge in [0.25, 0.3) is 11.6 Å². The maximum absolute atomic E-state index is 13.8. The molecule has 0 saturated carbocycles. The largest absolute Gasteiger partial charge is 0.497 e. The van der Waals surface area contributed by atoms with Crippen LogP contribution in [0, 0.1) is 10.1 Å². The van der Waals surface area contributed by atoms with Crippen molar-refractivity contribution in [2.24, 2.45) is 0 Å². The van der Waals surface area contributed by atoms with Crippen LogP contribution in [0.1, 0.15) is 27.5 Å². The molecule has 194 valence electrons. The van der Waals surface area contributed by atoms with Gasteiger partial charge in [0.2, 0.25) is 0 Å². The van der Waals surface area contributed by atoms with Crippen molar-refractivity contribution < 1.29 is 33.4 Å². The van der Waals surface area contributed by atoms with E-state index in [1.54, 1.807) is 37.3 Å². The molecular formula is C27H28N2O8. The first-order valence-electron chi connectivity index (χ1n) is 11.5. The molecule has 3 aromatic carbocycles. The number of nitro groups is 1. The number of rotatable bonds is 9. The number of carbonyl (C=O) groups excluding carboxylic acids is 1. The molecule has 0 spiro atoms. The Kier molecular flexibility index (Phi) is 7.66. The predicted molar refractivity (Wildman–Crippen MR) is 135 cm³/mol. The van der Waals surface area contributed by atoms with E-state index in [0.29, 0.717) is 47.3 Å². The van der Waals surface area contributed by atoms with E-state index in [0.717, 1.165) is 11.1 Å². The highest BCUT2D eigenvalue weighted by Gasteiger charge is 2.34. The van der Waals surface area contributed by atoms with Crippen LogP contribution in [0.5, 0.6) is 28.7 Å². The van der Waals surface area contributed by atoms with Gasteiger partial charge in [0.05, 0.1) is 39.4 Å². The van der Waals surface area contributed by atoms with E-state index in [-0.39, 0.29) is 18.2 Å². The summed E-state index contributed by atoms with van der Waals surface area (Å²) in [7, 11) is 6.19. The highest BCUT2D eigenvalue weighted by molar-refractivity contribution is 5.95. The van der Waals surface area contributed by atoms with Crippen LogP contribution >= 0.6 is 0 Å². The van der Waals surface area contributed by atoms with Gasteiger partial charge in [0, 0.05) is 30.3 Å². The molecule has 10 heteroatoms. The molecule has 0 aliphatic carbocycles. The summed E-state index contributed by atoms with van der Waals surface area (Å²) in [6.45, 7) is 0.558. The lowest BCUT2D eigenvalue weighted by Gasteiger charge is -2.37. The average molecular weight is 509 g/mol. The molecule has 3 aromatic rings. The Labute approximate surface area is 214 Å². The van der Waals surface area contributed by atoms with Crippen molar-refractivity contribution in [3.8, 4) is 28.7 Å². The summed E-state index contributed by atoms with van der Waals surface area (Å²) >= 11 is 0. The van der Waals surface area contributed by atoms with E-state index >= 15 is 0 Å². The van der Waals surface area contributed by atoms with Gasteiger partial charge in [-0.1, -0.05) is 0 Å². The summed E-state index contributed by atoms with van der Waals surface area (Å²) in [4.78, 5) is 26.1. The Balaban J connectivity index is 1.71. The maximum Gasteiger partial charge on any atom is 0.269 e. The third-order valence-corrected chi connectivity index (χ3v) is 6.32. The Bertz CT molecular complexity index is 1270. The zero-order chi connectivity index (χ0) is 26.5. The van der Waals surface area contributed by atoms with Gasteiger partial charge in [-0.3, -0.25) is 14.9 Å². The molecule has 0 saturated heterocycles. The Morgan fingerprint density at radius 1 is 0.892 bits per heavy atom. The molecule has 0 aromatic heterocycles. The molecule has 10 nitrogen and oxygen atoms in total. The Morgan fingerprint density at radius 2 is 1.51 bits per heavy atom. The van der Waals surface area contributed by atoms with Crippen molar-refractivity contribution >= 4 is 11.6 Å². The van der Waals surface area contributed by atoms with Gasteiger partial charge in [-0.25, -0.2) is 0 Å². The lowest BCUT2D eigenvalue weighted by molar-refractivity contribution is -0.384. The van der Waals surface area contributed by atoms with Crippen LogP contribution in [0.25, 0.3) is 0 Å². The third-order valence-electron chi connectivity index (χ3n) is 6.32. The number of non-ortho nitro benzene ring substituents is 1. The van der Waals surface area contributed by atoms with Crippen molar-refractivity contribution in [3.05, 3.63) is 81.4 Å². The Hall–Kier alpha value is -4.47. The lowest BCUT2D eigenvalue weighted by atomic mass is 9.91. The molecule has 1 atom stereocenters. The van der Waals surface area contributed by atoms with Crippen molar-refractivity contribution in [3.63, 3.8) is 0 Å². The van der Waals surface area contributed by atoms with Gasteiger partial charge in [-0.2, -0.15) is 0 Å². The first-order valence-corrected chi connectivity index (χ1v) is 11.5. The molecule has 0 unspecified atom stereocenters. The molecule has 1 aliphatic rings. The van der Waals surface area contributed by atoms with Crippen molar-refractivity contribution in [2.45, 2.75) is 12.5 Å². The number of ether oxygens (including phenoxy) is 5. The number of benzene rings is 3. The topological polar surface area (TPSA) is 110 Å². The number of methoxy groups -OCH3 is 4. The van der Waals surface area contributed by atoms with Gasteiger partial charge < -0.3 is 28.6 Å². The second kappa shape index (κ2) is 11.1. The standard InChI is InChI=1S/C27H28N2O8/c1-33-21-11-18(12-22(14-21)34-2)27(30)28-10-9-17-13-25(35-3)26(36-4)15-23(17)24(28)16-37-20-7-5-19(6-8-20)29(31)32/h5-8,11-15,24H,9-10,16H2,1-4H3/t24-/m0/s1. The van der Waals surface area contributed by atoms with Gasteiger partial charge in [-0.05, 0) is 53.9 Å². The van der Waals surface area contributed by atoms with E-state index in [9.17, 15) is 14.9 Å². The first kappa shape index (κ1) is 25.6. The number of hydrogen-bond acceptors (Lipinski definition) is 8. The smallest absolute Gasteiger partial charge is 0.269 e. The van der Waals surface area contributed by atoms with E-state index in [1.807, 2.05) is 12.1 Å². The fourth-order valence-electron chi connectivity index (χ4n) is 4.39. The van der Waals surface area contributed by atoms with Gasteiger partial charge >= 0.3 is 0 Å². The molecule has 0 N–H and O–H groups in total. The minimum atomic E-state index is -0.469. The van der Waals surface area contributed by atoms with E-state index in [4.69, 9.17) is 23.7 Å². The highest BCUT2D eigenvalue weighted by atomic mass is 16.6. The fraction of sp³-hybridized carbons (Fsp3) is 0.296. The number of carbonyl (C=O) groups is 1. The van der Waals surface area contributed by atoms with Crippen LogP contribution in [0.2, 0.25) is 0 Å². The summed E-state index contributed by atoms with van der Waals surface area (Å²) < 4.78 is 27.7. The van der Waals surface area contributed by atoms with E-state index < -0.39 is 11.0 Å². The third kappa shape index (κ3) is 5.37. The van der Waals surface area contributed by atoms with E-state index in [2.05, 4.69) is 0 Å². The number of nitro benzene ring substituents is 1. The van der Waals surface area contributed by atoms with E-state index in [1.165, 1.54) is 38.5 Å². The molecule has 0 radical (unpaired) electrons. The number of nitrogens with zero attached hydrogens (tertiary/aromatic N) is 2. The predicted octanol–water partition coefficient (Wildman–Crippen LogP) is 4.45. The normalized spacial score (nSPS) is 14.4. The van der Waals surface area contributed by atoms with Gasteiger partial charge in [0.1, 0.15) is 23.9 Å². The lowest BCUT2D eigenvalue weighted by Crippen LogP contribution is -2.42. The summed E-state index contributed by atoms with van der Waals surface area (Å²) in [5.74, 6) is 2.39. The quantitative estimate of drug-likeness (QED) is 0.308. The zero-order valence-electron chi connectivity index (χ0n) is 21.1. The molecule has 4 rings (SSSR count). The van der Waals surface area contributed by atoms with Gasteiger partial charge in [-0.15, -0.1) is 0 Å². The second-order valence-electron chi connectivity index (χ2n) is 8.33. The average Bonchev–Trinajstić information content (AvgIpc) is 2.94. The maximum atomic E-state index is 13.8. The van der Waals surface area contributed by atoms with Crippen LogP contribution in [0.15, 0.2) is 54.6 Å². The number of fused-ring (bicyclic) bond motifs is 1. The van der Waals surface area contributed by atoms with Crippen LogP contribution in [-0.2, 0) is 6.42 Å². The summed E-state index contributed by atoms with van der Waals surface area (Å²) in [6.07, 6.45) is 0.608.